The Morgan fingerprint density at radius 1 is 1.53 bits per heavy atom. The molecule has 0 radical (unpaired) electrons. The third-order valence-corrected chi connectivity index (χ3v) is 2.67. The van der Waals surface area contributed by atoms with E-state index in [2.05, 4.69) is 25.0 Å². The van der Waals surface area contributed by atoms with E-state index in [9.17, 15) is 0 Å². The summed E-state index contributed by atoms with van der Waals surface area (Å²) in [6, 6.07) is 2.11. The molecular weight excluding hydrogens is 190 g/mol. The molecule has 0 fully saturated rings. The first-order valence-corrected chi connectivity index (χ1v) is 5.61. The van der Waals surface area contributed by atoms with E-state index < -0.39 is 0 Å². The summed E-state index contributed by atoms with van der Waals surface area (Å²) in [6.07, 6.45) is 1.76. The number of aromatic nitrogens is 2. The van der Waals surface area contributed by atoms with Gasteiger partial charge in [-0.3, -0.25) is 4.68 Å². The van der Waals surface area contributed by atoms with Gasteiger partial charge in [0.05, 0.1) is 5.69 Å². The summed E-state index contributed by atoms with van der Waals surface area (Å²) in [4.78, 5) is 0. The number of rotatable bonds is 6. The quantitative estimate of drug-likeness (QED) is 0.723. The van der Waals surface area contributed by atoms with Crippen molar-refractivity contribution in [1.29, 1.82) is 0 Å². The van der Waals surface area contributed by atoms with Gasteiger partial charge in [0.2, 0.25) is 0 Å². The maximum absolute atomic E-state index is 9.11. The zero-order valence-electron chi connectivity index (χ0n) is 9.61. The van der Waals surface area contributed by atoms with Crippen molar-refractivity contribution in [3.8, 4) is 0 Å². The predicted octanol–water partition coefficient (Wildman–Crippen LogP) is 0.575. The van der Waals surface area contributed by atoms with E-state index >= 15 is 0 Å². The highest BCUT2D eigenvalue weighted by Gasteiger charge is 2.11. The number of hydrogen-bond acceptors (Lipinski definition) is 3. The van der Waals surface area contributed by atoms with Crippen LogP contribution in [-0.2, 0) is 19.4 Å². The molecule has 1 heterocycles. The van der Waals surface area contributed by atoms with Crippen molar-refractivity contribution < 1.29 is 5.11 Å². The van der Waals surface area contributed by atoms with Gasteiger partial charge in [-0.2, -0.15) is 5.10 Å². The lowest BCUT2D eigenvalue weighted by molar-refractivity contribution is 0.227. The minimum Gasteiger partial charge on any atom is -0.396 e. The van der Waals surface area contributed by atoms with Crippen molar-refractivity contribution in [1.82, 2.24) is 9.78 Å². The molecule has 1 atom stereocenters. The van der Waals surface area contributed by atoms with Gasteiger partial charge in [-0.1, -0.05) is 6.92 Å². The van der Waals surface area contributed by atoms with E-state index in [1.54, 1.807) is 0 Å². The Morgan fingerprint density at radius 3 is 2.73 bits per heavy atom. The van der Waals surface area contributed by atoms with Crippen LogP contribution in [0.3, 0.4) is 0 Å². The Balaban J connectivity index is 2.77. The smallest absolute Gasteiger partial charge is 0.0624 e. The van der Waals surface area contributed by atoms with E-state index in [-0.39, 0.29) is 12.5 Å². The summed E-state index contributed by atoms with van der Waals surface area (Å²) in [5.41, 5.74) is 7.86. The maximum Gasteiger partial charge on any atom is 0.0624 e. The fraction of sp³-hybridized carbons (Fsp3) is 0.727. The summed E-state index contributed by atoms with van der Waals surface area (Å²) in [7, 11) is 0. The molecule has 0 aliphatic carbocycles. The highest BCUT2D eigenvalue weighted by molar-refractivity contribution is 5.11. The molecule has 0 amide bonds. The normalized spacial score (nSPS) is 13.1. The topological polar surface area (TPSA) is 64.1 Å². The lowest BCUT2D eigenvalue weighted by atomic mass is 10.0. The largest absolute Gasteiger partial charge is 0.396 e. The second kappa shape index (κ2) is 5.88. The maximum atomic E-state index is 9.11. The monoisotopic (exact) mass is 211 g/mol. The fourth-order valence-electron chi connectivity index (χ4n) is 1.64. The van der Waals surface area contributed by atoms with Gasteiger partial charge in [0.25, 0.3) is 0 Å². The van der Waals surface area contributed by atoms with E-state index in [1.807, 2.05) is 4.68 Å². The first kappa shape index (κ1) is 12.2. The molecule has 1 unspecified atom stereocenters. The summed E-state index contributed by atoms with van der Waals surface area (Å²) in [6.45, 7) is 5.71. The SMILES string of the molecule is CCc1cc(CC(CN)CO)n(CC)n1. The second-order valence-corrected chi connectivity index (χ2v) is 3.78. The molecule has 0 aliphatic heterocycles. The minimum atomic E-state index is 0.146. The fourth-order valence-corrected chi connectivity index (χ4v) is 1.64. The molecular formula is C11H21N3O. The van der Waals surface area contributed by atoms with Crippen molar-refractivity contribution in [2.24, 2.45) is 11.7 Å². The van der Waals surface area contributed by atoms with Crippen LogP contribution in [0, 0.1) is 5.92 Å². The average Bonchev–Trinajstić information content (AvgIpc) is 2.68. The van der Waals surface area contributed by atoms with Gasteiger partial charge in [-0.15, -0.1) is 0 Å². The van der Waals surface area contributed by atoms with Gasteiger partial charge < -0.3 is 10.8 Å². The summed E-state index contributed by atoms with van der Waals surface area (Å²) in [5, 5.41) is 13.6. The van der Waals surface area contributed by atoms with Crippen LogP contribution in [0.5, 0.6) is 0 Å². The Labute approximate surface area is 91.1 Å². The van der Waals surface area contributed by atoms with Crippen LogP contribution in [0.1, 0.15) is 25.2 Å². The van der Waals surface area contributed by atoms with Gasteiger partial charge in [-0.25, -0.2) is 0 Å². The highest BCUT2D eigenvalue weighted by atomic mass is 16.3. The molecule has 0 bridgehead atoms. The van der Waals surface area contributed by atoms with Crippen LogP contribution in [0.15, 0.2) is 6.07 Å². The summed E-state index contributed by atoms with van der Waals surface area (Å²) >= 11 is 0. The zero-order chi connectivity index (χ0) is 11.3. The first-order valence-electron chi connectivity index (χ1n) is 5.61. The molecule has 4 nitrogen and oxygen atoms in total. The van der Waals surface area contributed by atoms with Crippen molar-refractivity contribution in [3.63, 3.8) is 0 Å². The Bertz CT molecular complexity index is 292. The molecule has 4 heteroatoms. The Kier molecular flexibility index (Phi) is 4.78. The number of nitrogens with two attached hydrogens (primary N) is 1. The number of aryl methyl sites for hydroxylation is 2. The predicted molar refractivity (Wildman–Crippen MR) is 60.6 cm³/mol. The van der Waals surface area contributed by atoms with E-state index in [1.165, 1.54) is 5.69 Å². The van der Waals surface area contributed by atoms with E-state index in [0.717, 1.165) is 25.1 Å². The highest BCUT2D eigenvalue weighted by Crippen LogP contribution is 2.11. The molecule has 3 N–H and O–H groups in total. The third-order valence-electron chi connectivity index (χ3n) is 2.67. The number of hydrogen-bond donors (Lipinski definition) is 2. The molecule has 0 aromatic carbocycles. The second-order valence-electron chi connectivity index (χ2n) is 3.78. The first-order chi connectivity index (χ1) is 7.24. The average molecular weight is 211 g/mol. The van der Waals surface area contributed by atoms with E-state index in [0.29, 0.717) is 6.54 Å². The van der Waals surface area contributed by atoms with E-state index in [4.69, 9.17) is 10.8 Å². The molecule has 0 saturated carbocycles. The van der Waals surface area contributed by atoms with Crippen LogP contribution in [-0.4, -0.2) is 28.0 Å². The molecule has 0 aliphatic rings. The lowest BCUT2D eigenvalue weighted by Crippen LogP contribution is -2.21. The number of aliphatic hydroxyl groups excluding tert-OH is 1. The molecule has 1 aromatic heterocycles. The molecule has 86 valence electrons. The summed E-state index contributed by atoms with van der Waals surface area (Å²) in [5.74, 6) is 0.150. The molecule has 0 spiro atoms. The van der Waals surface area contributed by atoms with Crippen LogP contribution >= 0.6 is 0 Å². The van der Waals surface area contributed by atoms with Crippen molar-refractivity contribution >= 4 is 0 Å². The molecule has 15 heavy (non-hydrogen) atoms. The Hall–Kier alpha value is -0.870. The van der Waals surface area contributed by atoms with Crippen LogP contribution in [0.25, 0.3) is 0 Å². The van der Waals surface area contributed by atoms with Gasteiger partial charge in [0, 0.05) is 18.8 Å². The van der Waals surface area contributed by atoms with Crippen molar-refractivity contribution in [3.05, 3.63) is 17.5 Å². The Morgan fingerprint density at radius 2 is 2.27 bits per heavy atom. The van der Waals surface area contributed by atoms with Crippen LogP contribution in [0.4, 0.5) is 0 Å². The zero-order valence-corrected chi connectivity index (χ0v) is 9.61. The van der Waals surface area contributed by atoms with Crippen LogP contribution in [0.2, 0.25) is 0 Å². The van der Waals surface area contributed by atoms with Gasteiger partial charge in [-0.05, 0) is 38.3 Å². The van der Waals surface area contributed by atoms with Crippen molar-refractivity contribution in [2.45, 2.75) is 33.2 Å². The minimum absolute atomic E-state index is 0.146. The number of aliphatic hydroxyl groups is 1. The molecule has 1 rings (SSSR count). The summed E-state index contributed by atoms with van der Waals surface area (Å²) < 4.78 is 2.00. The van der Waals surface area contributed by atoms with Gasteiger partial charge in [0.15, 0.2) is 0 Å². The van der Waals surface area contributed by atoms with Crippen molar-refractivity contribution in [2.75, 3.05) is 13.2 Å². The standard InChI is InChI=1S/C11H21N3O/c1-3-10-6-11(14(4-2)13-10)5-9(7-12)8-15/h6,9,15H,3-5,7-8,12H2,1-2H3. The third kappa shape index (κ3) is 3.04. The van der Waals surface area contributed by atoms with Gasteiger partial charge >= 0.3 is 0 Å². The molecule has 0 saturated heterocycles. The molecule has 1 aromatic rings. The lowest BCUT2D eigenvalue weighted by Gasteiger charge is -2.11. The van der Waals surface area contributed by atoms with Gasteiger partial charge in [0.1, 0.15) is 0 Å². The van der Waals surface area contributed by atoms with Crippen LogP contribution < -0.4 is 5.73 Å². The number of nitrogens with zero attached hydrogens (tertiary/aromatic N) is 2.